The van der Waals surface area contributed by atoms with Crippen LogP contribution in [0.5, 0.6) is 0 Å². The van der Waals surface area contributed by atoms with Crippen LogP contribution in [0.2, 0.25) is 0 Å². The number of anilines is 2. The van der Waals surface area contributed by atoms with Gasteiger partial charge in [-0.1, -0.05) is 0 Å². The number of nitrogens with zero attached hydrogens (tertiary/aromatic N) is 5. The summed E-state index contributed by atoms with van der Waals surface area (Å²) in [6, 6.07) is 4.11. The molecule has 0 amide bonds. The summed E-state index contributed by atoms with van der Waals surface area (Å²) < 4.78 is 5.21. The van der Waals surface area contributed by atoms with Crippen molar-refractivity contribution in [2.45, 2.75) is 25.8 Å². The van der Waals surface area contributed by atoms with E-state index >= 15 is 0 Å². The molecule has 3 rings (SSSR count). The second-order valence-electron chi connectivity index (χ2n) is 5.61. The Kier molecular flexibility index (Phi) is 5.09. The van der Waals surface area contributed by atoms with Crippen LogP contribution in [0.25, 0.3) is 0 Å². The summed E-state index contributed by atoms with van der Waals surface area (Å²) in [6.45, 7) is 4.66. The van der Waals surface area contributed by atoms with Crippen molar-refractivity contribution < 1.29 is 4.74 Å². The third-order valence-corrected chi connectivity index (χ3v) is 3.95. The maximum Gasteiger partial charge on any atom is 0.228 e. The molecule has 2 aromatic heterocycles. The van der Waals surface area contributed by atoms with Crippen LogP contribution in [0.1, 0.15) is 30.4 Å². The van der Waals surface area contributed by atoms with Crippen LogP contribution in [-0.4, -0.2) is 51.6 Å². The van der Waals surface area contributed by atoms with Crippen LogP contribution in [0.4, 0.5) is 11.8 Å². The zero-order chi connectivity index (χ0) is 16.1. The van der Waals surface area contributed by atoms with Gasteiger partial charge in [-0.05, 0) is 32.4 Å². The Hall–Kier alpha value is -2.12. The molecule has 0 saturated carbocycles. The summed E-state index contributed by atoms with van der Waals surface area (Å²) >= 11 is 0. The monoisotopic (exact) mass is 314 g/mol. The van der Waals surface area contributed by atoms with Crippen LogP contribution in [0.15, 0.2) is 24.5 Å². The van der Waals surface area contributed by atoms with Crippen LogP contribution >= 0.6 is 0 Å². The third kappa shape index (κ3) is 4.00. The summed E-state index contributed by atoms with van der Waals surface area (Å²) in [7, 11) is 1.74. The molecule has 1 N–H and O–H groups in total. The Bertz CT molecular complexity index is 636. The van der Waals surface area contributed by atoms with Gasteiger partial charge in [0.15, 0.2) is 0 Å². The number of methoxy groups -OCH3 is 1. The minimum absolute atomic E-state index is 0.323. The van der Waals surface area contributed by atoms with E-state index in [1.807, 2.05) is 13.0 Å². The van der Waals surface area contributed by atoms with Crippen LogP contribution in [-0.2, 0) is 4.74 Å². The molecule has 1 aliphatic rings. The Morgan fingerprint density at radius 2 is 2.13 bits per heavy atom. The number of likely N-dealkylation sites (tertiary alicyclic amines) is 1. The Labute approximate surface area is 136 Å². The molecule has 7 nitrogen and oxygen atoms in total. The molecular weight excluding hydrogens is 292 g/mol. The molecular formula is C16H22N6O. The van der Waals surface area contributed by atoms with Gasteiger partial charge in [-0.15, -0.1) is 0 Å². The van der Waals surface area contributed by atoms with E-state index in [1.54, 1.807) is 25.6 Å². The minimum atomic E-state index is 0.323. The SMILES string of the molecule is COCCN1CCC[C@@H]1c1cc(Nc2ncccn2)nc(C)n1. The topological polar surface area (TPSA) is 76.1 Å². The van der Waals surface area contributed by atoms with Gasteiger partial charge in [0.05, 0.1) is 18.3 Å². The lowest BCUT2D eigenvalue weighted by atomic mass is 10.1. The molecule has 1 aliphatic heterocycles. The van der Waals surface area contributed by atoms with Crippen LogP contribution in [0.3, 0.4) is 0 Å². The molecule has 0 aromatic carbocycles. The zero-order valence-corrected chi connectivity index (χ0v) is 13.6. The summed E-state index contributed by atoms with van der Waals surface area (Å²) in [6.07, 6.45) is 5.70. The molecule has 7 heteroatoms. The molecule has 122 valence electrons. The molecule has 2 aromatic rings. The molecule has 23 heavy (non-hydrogen) atoms. The first-order chi connectivity index (χ1) is 11.3. The standard InChI is InChI=1S/C16H22N6O/c1-12-19-13(14-5-3-8-22(14)9-10-23-2)11-15(20-12)21-16-17-6-4-7-18-16/h4,6-7,11,14H,3,5,8-10H2,1-2H3,(H,17,18,19,20,21)/t14-/m1/s1. The van der Waals surface area contributed by atoms with Crippen molar-refractivity contribution in [3.63, 3.8) is 0 Å². The van der Waals surface area contributed by atoms with Crippen molar-refractivity contribution in [1.82, 2.24) is 24.8 Å². The predicted molar refractivity (Wildman–Crippen MR) is 87.5 cm³/mol. The first-order valence-electron chi connectivity index (χ1n) is 7.89. The maximum atomic E-state index is 5.21. The predicted octanol–water partition coefficient (Wildman–Crippen LogP) is 2.10. The molecule has 1 saturated heterocycles. The summed E-state index contributed by atoms with van der Waals surface area (Å²) in [5.41, 5.74) is 1.05. The van der Waals surface area contributed by atoms with Crippen molar-refractivity contribution in [3.05, 3.63) is 36.0 Å². The number of hydrogen-bond donors (Lipinski definition) is 1. The number of rotatable bonds is 6. The molecule has 1 fully saturated rings. The number of nitrogens with one attached hydrogen (secondary N) is 1. The van der Waals surface area contributed by atoms with E-state index in [2.05, 4.69) is 30.2 Å². The van der Waals surface area contributed by atoms with Gasteiger partial charge in [-0.2, -0.15) is 0 Å². The second-order valence-corrected chi connectivity index (χ2v) is 5.61. The highest BCUT2D eigenvalue weighted by atomic mass is 16.5. The Morgan fingerprint density at radius 3 is 2.91 bits per heavy atom. The van der Waals surface area contributed by atoms with E-state index in [-0.39, 0.29) is 0 Å². The normalized spacial score (nSPS) is 18.3. The fraction of sp³-hybridized carbons (Fsp3) is 0.500. The summed E-state index contributed by atoms with van der Waals surface area (Å²) in [4.78, 5) is 19.9. The van der Waals surface area contributed by atoms with Gasteiger partial charge in [0.2, 0.25) is 5.95 Å². The van der Waals surface area contributed by atoms with Gasteiger partial charge in [-0.3, -0.25) is 4.90 Å². The fourth-order valence-corrected chi connectivity index (χ4v) is 2.94. The minimum Gasteiger partial charge on any atom is -0.383 e. The summed E-state index contributed by atoms with van der Waals surface area (Å²) in [5.74, 6) is 2.02. The summed E-state index contributed by atoms with van der Waals surface area (Å²) in [5, 5.41) is 3.15. The van der Waals surface area contributed by atoms with Gasteiger partial charge in [0.25, 0.3) is 0 Å². The van der Waals surface area contributed by atoms with E-state index in [0.29, 0.717) is 12.0 Å². The third-order valence-electron chi connectivity index (χ3n) is 3.95. The van der Waals surface area contributed by atoms with Crippen LogP contribution < -0.4 is 5.32 Å². The second kappa shape index (κ2) is 7.43. The van der Waals surface area contributed by atoms with E-state index in [4.69, 9.17) is 4.74 Å². The Morgan fingerprint density at radius 1 is 1.30 bits per heavy atom. The van der Waals surface area contributed by atoms with E-state index < -0.39 is 0 Å². The van der Waals surface area contributed by atoms with E-state index in [0.717, 1.165) is 43.5 Å². The average molecular weight is 314 g/mol. The molecule has 1 atom stereocenters. The van der Waals surface area contributed by atoms with Crippen molar-refractivity contribution in [3.8, 4) is 0 Å². The lowest BCUT2D eigenvalue weighted by molar-refractivity contribution is 0.140. The van der Waals surface area contributed by atoms with E-state index in [9.17, 15) is 0 Å². The zero-order valence-electron chi connectivity index (χ0n) is 13.6. The highest BCUT2D eigenvalue weighted by Gasteiger charge is 2.27. The molecule has 0 spiro atoms. The van der Waals surface area contributed by atoms with Crippen molar-refractivity contribution >= 4 is 11.8 Å². The highest BCUT2D eigenvalue weighted by molar-refractivity contribution is 5.48. The smallest absolute Gasteiger partial charge is 0.228 e. The number of ether oxygens (including phenoxy) is 1. The van der Waals surface area contributed by atoms with Crippen molar-refractivity contribution in [1.29, 1.82) is 0 Å². The van der Waals surface area contributed by atoms with Gasteiger partial charge in [0.1, 0.15) is 11.6 Å². The fourth-order valence-electron chi connectivity index (χ4n) is 2.94. The number of aromatic nitrogens is 4. The van der Waals surface area contributed by atoms with Gasteiger partial charge in [0, 0.05) is 32.1 Å². The number of hydrogen-bond acceptors (Lipinski definition) is 7. The van der Waals surface area contributed by atoms with Crippen molar-refractivity contribution in [2.75, 3.05) is 32.1 Å². The van der Waals surface area contributed by atoms with Gasteiger partial charge in [-0.25, -0.2) is 19.9 Å². The largest absolute Gasteiger partial charge is 0.383 e. The van der Waals surface area contributed by atoms with Crippen molar-refractivity contribution in [2.24, 2.45) is 0 Å². The Balaban J connectivity index is 1.79. The van der Waals surface area contributed by atoms with Crippen LogP contribution in [0, 0.1) is 6.92 Å². The lowest BCUT2D eigenvalue weighted by Gasteiger charge is -2.24. The molecule has 0 aliphatic carbocycles. The first kappa shape index (κ1) is 15.8. The molecule has 3 heterocycles. The van der Waals surface area contributed by atoms with Gasteiger partial charge < -0.3 is 10.1 Å². The maximum absolute atomic E-state index is 5.21. The molecule has 0 bridgehead atoms. The van der Waals surface area contributed by atoms with Gasteiger partial charge >= 0.3 is 0 Å². The quantitative estimate of drug-likeness (QED) is 0.875. The first-order valence-corrected chi connectivity index (χ1v) is 7.89. The highest BCUT2D eigenvalue weighted by Crippen LogP contribution is 2.31. The molecule has 0 radical (unpaired) electrons. The average Bonchev–Trinajstić information content (AvgIpc) is 3.02. The molecule has 0 unspecified atom stereocenters. The lowest BCUT2D eigenvalue weighted by Crippen LogP contribution is -2.27. The number of aryl methyl sites for hydroxylation is 1. The van der Waals surface area contributed by atoms with E-state index in [1.165, 1.54) is 6.42 Å².